The van der Waals surface area contributed by atoms with Gasteiger partial charge in [0.05, 0.1) is 28.6 Å². The van der Waals surface area contributed by atoms with Gasteiger partial charge in [0, 0.05) is 30.9 Å². The summed E-state index contributed by atoms with van der Waals surface area (Å²) >= 11 is 0. The van der Waals surface area contributed by atoms with Crippen LogP contribution in [0.2, 0.25) is 0 Å². The molecule has 0 saturated heterocycles. The molecule has 1 unspecified atom stereocenters. The molecule has 37 heavy (non-hydrogen) atoms. The Labute approximate surface area is 214 Å². The zero-order valence-electron chi connectivity index (χ0n) is 21.1. The maximum atomic E-state index is 13.0. The normalized spacial score (nSPS) is 34.8. The summed E-state index contributed by atoms with van der Waals surface area (Å²) in [6.07, 6.45) is 11.8. The minimum atomic E-state index is -0.714. The van der Waals surface area contributed by atoms with E-state index in [9.17, 15) is 14.7 Å². The van der Waals surface area contributed by atoms with E-state index in [4.69, 9.17) is 9.84 Å². The Morgan fingerprint density at radius 3 is 2.57 bits per heavy atom. The highest BCUT2D eigenvalue weighted by atomic mass is 16.5. The second-order valence-corrected chi connectivity index (χ2v) is 11.9. The number of aliphatic hydroxyl groups is 1. The molecule has 5 aliphatic rings. The summed E-state index contributed by atoms with van der Waals surface area (Å²) < 4.78 is 7.48. The molecule has 0 spiro atoms. The molecular formula is C27H34N6O4. The fourth-order valence-electron chi connectivity index (χ4n) is 8.15. The van der Waals surface area contributed by atoms with E-state index < -0.39 is 17.4 Å². The van der Waals surface area contributed by atoms with Gasteiger partial charge in [0.2, 0.25) is 0 Å². The van der Waals surface area contributed by atoms with E-state index in [1.54, 1.807) is 13.3 Å². The molecule has 196 valence electrons. The van der Waals surface area contributed by atoms with Crippen molar-refractivity contribution in [1.29, 1.82) is 0 Å². The Balaban J connectivity index is 1.19. The number of amides is 2. The molecule has 4 N–H and O–H groups in total. The van der Waals surface area contributed by atoms with Gasteiger partial charge < -0.3 is 25.5 Å². The van der Waals surface area contributed by atoms with E-state index in [1.165, 1.54) is 0 Å². The Morgan fingerprint density at radius 2 is 1.86 bits per heavy atom. The lowest BCUT2D eigenvalue weighted by atomic mass is 9.52. The SMILES string of the molecule is CO[C@H]1CC[C@@H](NC(=O)C(=O)Nc2nn([C@H]3[C@@H]4CC5C[C@H]3C[C@@](O)(C5)C4)c3c2cnc2[nH]ccc23)CC1. The van der Waals surface area contributed by atoms with Gasteiger partial charge in [0.25, 0.3) is 0 Å². The van der Waals surface area contributed by atoms with Crippen molar-refractivity contribution in [3.63, 3.8) is 0 Å². The number of aromatic amines is 1. The summed E-state index contributed by atoms with van der Waals surface area (Å²) in [6, 6.07) is 2.11. The van der Waals surface area contributed by atoms with Gasteiger partial charge in [0.15, 0.2) is 5.82 Å². The summed E-state index contributed by atoms with van der Waals surface area (Å²) in [5, 5.41) is 23.4. The van der Waals surface area contributed by atoms with Crippen LogP contribution in [0.5, 0.6) is 0 Å². The number of carbonyl (C=O) groups excluding carboxylic acids is 2. The van der Waals surface area contributed by atoms with Crippen LogP contribution in [-0.4, -0.2) is 61.5 Å². The lowest BCUT2D eigenvalue weighted by molar-refractivity contribution is -0.148. The molecule has 8 rings (SSSR count). The lowest BCUT2D eigenvalue weighted by Gasteiger charge is -2.57. The number of aromatic nitrogens is 4. The van der Waals surface area contributed by atoms with E-state index in [0.29, 0.717) is 23.6 Å². The number of anilines is 1. The molecule has 4 bridgehead atoms. The molecule has 2 amide bonds. The maximum Gasteiger partial charge on any atom is 0.314 e. The maximum absolute atomic E-state index is 13.0. The van der Waals surface area contributed by atoms with Crippen molar-refractivity contribution in [2.24, 2.45) is 17.8 Å². The third kappa shape index (κ3) is 3.84. The number of pyridine rings is 1. The second-order valence-electron chi connectivity index (χ2n) is 11.9. The summed E-state index contributed by atoms with van der Waals surface area (Å²) in [5.41, 5.74) is 1.14. The van der Waals surface area contributed by atoms with Gasteiger partial charge >= 0.3 is 11.8 Å². The number of nitrogens with zero attached hydrogens (tertiary/aromatic N) is 3. The number of H-pyrrole nitrogens is 1. The average Bonchev–Trinajstić information content (AvgIpc) is 3.48. The highest BCUT2D eigenvalue weighted by Gasteiger charge is 2.56. The molecule has 3 aromatic rings. The first-order valence-electron chi connectivity index (χ1n) is 13.6. The van der Waals surface area contributed by atoms with Crippen LogP contribution in [-0.2, 0) is 14.3 Å². The highest BCUT2D eigenvalue weighted by molar-refractivity contribution is 6.40. The average molecular weight is 507 g/mol. The number of nitrogens with one attached hydrogen (secondary N) is 3. The van der Waals surface area contributed by atoms with Crippen LogP contribution >= 0.6 is 0 Å². The monoisotopic (exact) mass is 506 g/mol. The summed E-state index contributed by atoms with van der Waals surface area (Å²) in [7, 11) is 1.71. The van der Waals surface area contributed by atoms with Gasteiger partial charge in [0.1, 0.15) is 5.65 Å². The van der Waals surface area contributed by atoms with Crippen LogP contribution in [0.4, 0.5) is 5.82 Å². The predicted molar refractivity (Wildman–Crippen MR) is 137 cm³/mol. The van der Waals surface area contributed by atoms with Crippen molar-refractivity contribution in [1.82, 2.24) is 25.1 Å². The Bertz CT molecular complexity index is 1360. The first-order valence-corrected chi connectivity index (χ1v) is 13.6. The summed E-state index contributed by atoms with van der Waals surface area (Å²) in [5.74, 6) is 0.272. The quantitative estimate of drug-likeness (QED) is 0.402. The van der Waals surface area contributed by atoms with E-state index in [1.807, 2.05) is 12.3 Å². The van der Waals surface area contributed by atoms with Crippen LogP contribution in [0, 0.1) is 17.8 Å². The minimum Gasteiger partial charge on any atom is -0.390 e. The van der Waals surface area contributed by atoms with Crippen LogP contribution in [0.15, 0.2) is 18.5 Å². The molecule has 5 fully saturated rings. The van der Waals surface area contributed by atoms with Crippen LogP contribution in [0.1, 0.15) is 63.8 Å². The van der Waals surface area contributed by atoms with Crippen molar-refractivity contribution >= 4 is 39.6 Å². The van der Waals surface area contributed by atoms with E-state index in [-0.39, 0.29) is 18.2 Å². The fourth-order valence-corrected chi connectivity index (χ4v) is 8.15. The number of carbonyl (C=O) groups is 2. The van der Waals surface area contributed by atoms with Crippen LogP contribution in [0.3, 0.4) is 0 Å². The zero-order valence-corrected chi connectivity index (χ0v) is 21.1. The summed E-state index contributed by atoms with van der Waals surface area (Å²) in [4.78, 5) is 33.5. The predicted octanol–water partition coefficient (Wildman–Crippen LogP) is 3.04. The van der Waals surface area contributed by atoms with Crippen LogP contribution in [0.25, 0.3) is 21.9 Å². The number of hydrogen-bond donors (Lipinski definition) is 4. The van der Waals surface area contributed by atoms with E-state index in [2.05, 4.69) is 25.3 Å². The van der Waals surface area contributed by atoms with Gasteiger partial charge in [-0.05, 0) is 81.6 Å². The summed E-state index contributed by atoms with van der Waals surface area (Å²) in [6.45, 7) is 0. The van der Waals surface area contributed by atoms with Crippen molar-refractivity contribution < 1.29 is 19.4 Å². The Morgan fingerprint density at radius 1 is 1.11 bits per heavy atom. The fraction of sp³-hybridized carbons (Fsp3) is 0.630. The molecule has 3 heterocycles. The second kappa shape index (κ2) is 8.52. The molecule has 0 radical (unpaired) electrons. The first kappa shape index (κ1) is 23.2. The Hall–Kier alpha value is -2.98. The topological polar surface area (TPSA) is 134 Å². The van der Waals surface area contributed by atoms with Gasteiger partial charge in [-0.15, -0.1) is 0 Å². The van der Waals surface area contributed by atoms with E-state index >= 15 is 0 Å². The molecule has 0 aromatic carbocycles. The van der Waals surface area contributed by atoms with E-state index in [0.717, 1.165) is 79.7 Å². The Kier molecular flexibility index (Phi) is 5.34. The van der Waals surface area contributed by atoms with Gasteiger partial charge in [-0.25, -0.2) is 4.98 Å². The highest BCUT2D eigenvalue weighted by Crippen LogP contribution is 2.60. The van der Waals surface area contributed by atoms with Gasteiger partial charge in [-0.2, -0.15) is 5.10 Å². The molecule has 10 heteroatoms. The molecule has 10 nitrogen and oxygen atoms in total. The third-order valence-corrected chi connectivity index (χ3v) is 9.50. The zero-order chi connectivity index (χ0) is 25.3. The van der Waals surface area contributed by atoms with Crippen molar-refractivity contribution in [2.45, 2.75) is 81.6 Å². The third-order valence-electron chi connectivity index (χ3n) is 9.50. The smallest absolute Gasteiger partial charge is 0.314 e. The number of fused-ring (bicyclic) bond motifs is 3. The number of ether oxygens (including phenoxy) is 1. The molecule has 3 aromatic heterocycles. The number of methoxy groups -OCH3 is 1. The van der Waals surface area contributed by atoms with Gasteiger partial charge in [-0.3, -0.25) is 14.3 Å². The standard InChI is InChI=1S/C27H34N6O4/c1-37-18-4-2-17(3-5-18)30-25(34)26(35)31-24-20-13-29-23-19(6-7-28-23)22(20)33(32-24)21-15-8-14-9-16(21)12-27(36,10-14)11-15/h6-7,13-18,21,36H,2-5,8-12H2,1H3,(H,28,29)(H,30,34)(H,31,32,35)/t14?,15-,16+,17-,18+,21+,27-. The van der Waals surface area contributed by atoms with Crippen molar-refractivity contribution in [3.8, 4) is 0 Å². The van der Waals surface area contributed by atoms with Crippen molar-refractivity contribution in [3.05, 3.63) is 18.5 Å². The minimum absolute atomic E-state index is 0.0287. The molecule has 5 aliphatic carbocycles. The van der Waals surface area contributed by atoms with Crippen molar-refractivity contribution in [2.75, 3.05) is 12.4 Å². The molecule has 5 saturated carbocycles. The van der Waals surface area contributed by atoms with Gasteiger partial charge in [-0.1, -0.05) is 0 Å². The molecule has 5 atom stereocenters. The largest absolute Gasteiger partial charge is 0.390 e. The van der Waals surface area contributed by atoms with Crippen LogP contribution < -0.4 is 10.6 Å². The molecule has 0 aliphatic heterocycles. The molecular weight excluding hydrogens is 472 g/mol. The first-order chi connectivity index (χ1) is 17.9. The number of rotatable bonds is 4. The number of hydrogen-bond acceptors (Lipinski definition) is 6. The lowest BCUT2D eigenvalue weighted by Crippen LogP contribution is -2.55.